The van der Waals surface area contributed by atoms with Gasteiger partial charge in [0.1, 0.15) is 0 Å². The van der Waals surface area contributed by atoms with Crippen molar-refractivity contribution >= 4 is 5.91 Å². The summed E-state index contributed by atoms with van der Waals surface area (Å²) < 4.78 is 0. The van der Waals surface area contributed by atoms with Crippen LogP contribution in [0.5, 0.6) is 0 Å². The quantitative estimate of drug-likeness (QED) is 0.843. The molecule has 1 aromatic rings. The summed E-state index contributed by atoms with van der Waals surface area (Å²) >= 11 is 0. The van der Waals surface area contributed by atoms with Crippen molar-refractivity contribution in [3.05, 3.63) is 35.4 Å². The molecule has 1 amide bonds. The van der Waals surface area contributed by atoms with E-state index in [2.05, 4.69) is 11.4 Å². The van der Waals surface area contributed by atoms with Crippen molar-refractivity contribution in [3.8, 4) is 6.07 Å². The highest BCUT2D eigenvalue weighted by atomic mass is 16.2. The average Bonchev–Trinajstić information content (AvgIpc) is 3.24. The first-order valence-corrected chi connectivity index (χ1v) is 6.73. The Hall–Kier alpha value is -1.86. The zero-order valence-electron chi connectivity index (χ0n) is 11.2. The molecule has 1 fully saturated rings. The second-order valence-electron chi connectivity index (χ2n) is 4.83. The van der Waals surface area contributed by atoms with E-state index in [-0.39, 0.29) is 5.91 Å². The summed E-state index contributed by atoms with van der Waals surface area (Å²) in [6.07, 6.45) is 2.29. The van der Waals surface area contributed by atoms with Gasteiger partial charge in [0.25, 0.3) is 0 Å². The molecule has 19 heavy (non-hydrogen) atoms. The third-order valence-electron chi connectivity index (χ3n) is 3.31. The van der Waals surface area contributed by atoms with E-state index in [9.17, 15) is 4.79 Å². The lowest BCUT2D eigenvalue weighted by atomic mass is 10.1. The molecule has 4 nitrogen and oxygen atoms in total. The fourth-order valence-corrected chi connectivity index (χ4v) is 2.19. The molecule has 0 heterocycles. The van der Waals surface area contributed by atoms with Crippen molar-refractivity contribution in [2.24, 2.45) is 0 Å². The lowest BCUT2D eigenvalue weighted by molar-refractivity contribution is -0.130. The lowest BCUT2D eigenvalue weighted by Gasteiger charge is -2.20. The Morgan fingerprint density at radius 2 is 2.32 bits per heavy atom. The molecule has 1 N–H and O–H groups in total. The van der Waals surface area contributed by atoms with Gasteiger partial charge in [-0.25, -0.2) is 0 Å². The van der Waals surface area contributed by atoms with Gasteiger partial charge in [-0.3, -0.25) is 4.79 Å². The van der Waals surface area contributed by atoms with E-state index in [4.69, 9.17) is 5.26 Å². The zero-order valence-corrected chi connectivity index (χ0v) is 11.2. The largest absolute Gasteiger partial charge is 0.339 e. The molecule has 1 aliphatic rings. The maximum absolute atomic E-state index is 12.0. The molecule has 100 valence electrons. The summed E-state index contributed by atoms with van der Waals surface area (Å²) in [5.74, 6) is 0.168. The molecule has 0 spiro atoms. The van der Waals surface area contributed by atoms with Crippen molar-refractivity contribution in [3.63, 3.8) is 0 Å². The van der Waals surface area contributed by atoms with Crippen LogP contribution in [0.25, 0.3) is 0 Å². The highest BCUT2D eigenvalue weighted by Crippen LogP contribution is 2.26. The van der Waals surface area contributed by atoms with E-state index in [0.717, 1.165) is 24.9 Å². The van der Waals surface area contributed by atoms with Crippen LogP contribution in [-0.2, 0) is 11.3 Å². The first-order chi connectivity index (χ1) is 9.24. The molecule has 4 heteroatoms. The number of amides is 1. The van der Waals surface area contributed by atoms with Crippen LogP contribution in [0.2, 0.25) is 0 Å². The number of carbonyl (C=O) groups is 1. The van der Waals surface area contributed by atoms with Gasteiger partial charge in [0.2, 0.25) is 5.91 Å². The summed E-state index contributed by atoms with van der Waals surface area (Å²) in [5, 5.41) is 12.0. The van der Waals surface area contributed by atoms with Crippen molar-refractivity contribution in [1.82, 2.24) is 10.2 Å². The Labute approximate surface area is 114 Å². The molecule has 0 unspecified atom stereocenters. The number of nitriles is 1. The molecule has 2 rings (SSSR count). The second kappa shape index (κ2) is 6.35. The highest BCUT2D eigenvalue weighted by molar-refractivity contribution is 5.78. The van der Waals surface area contributed by atoms with E-state index in [1.54, 1.807) is 6.07 Å². The lowest BCUT2D eigenvalue weighted by Crippen LogP contribution is -2.39. The van der Waals surface area contributed by atoms with E-state index in [1.807, 2.05) is 30.0 Å². The number of likely N-dealkylation sites (N-methyl/N-ethyl adjacent to an activating group) is 1. The predicted molar refractivity (Wildman–Crippen MR) is 73.3 cm³/mol. The van der Waals surface area contributed by atoms with Crippen LogP contribution in [0.15, 0.2) is 24.3 Å². The van der Waals surface area contributed by atoms with E-state index >= 15 is 0 Å². The minimum atomic E-state index is 0.168. The number of hydrogen-bond donors (Lipinski definition) is 1. The van der Waals surface area contributed by atoms with Gasteiger partial charge in [-0.05, 0) is 37.5 Å². The third-order valence-corrected chi connectivity index (χ3v) is 3.31. The fourth-order valence-electron chi connectivity index (χ4n) is 2.19. The van der Waals surface area contributed by atoms with Gasteiger partial charge in [-0.1, -0.05) is 12.1 Å². The smallest absolute Gasteiger partial charge is 0.236 e. The summed E-state index contributed by atoms with van der Waals surface area (Å²) in [4.78, 5) is 13.9. The zero-order chi connectivity index (χ0) is 13.7. The van der Waals surface area contributed by atoms with E-state index in [1.165, 1.54) is 0 Å². The van der Waals surface area contributed by atoms with Crippen LogP contribution in [0.4, 0.5) is 0 Å². The van der Waals surface area contributed by atoms with Crippen LogP contribution in [0.3, 0.4) is 0 Å². The van der Waals surface area contributed by atoms with Gasteiger partial charge in [0, 0.05) is 19.1 Å². The van der Waals surface area contributed by atoms with Crippen molar-refractivity contribution in [1.29, 1.82) is 5.26 Å². The molecule has 1 aromatic carbocycles. The Balaban J connectivity index is 1.79. The minimum Gasteiger partial charge on any atom is -0.339 e. The summed E-state index contributed by atoms with van der Waals surface area (Å²) in [6.45, 7) is 3.78. The van der Waals surface area contributed by atoms with Crippen LogP contribution in [0.1, 0.15) is 30.9 Å². The Morgan fingerprint density at radius 1 is 1.53 bits per heavy atom. The third kappa shape index (κ3) is 3.80. The van der Waals surface area contributed by atoms with Gasteiger partial charge in [0.15, 0.2) is 0 Å². The molecule has 0 bridgehead atoms. The SMILES string of the molecule is CCN(C(=O)CNCc1cccc(C#N)c1)C1CC1. The molecule has 1 aliphatic carbocycles. The Bertz CT molecular complexity index is 488. The first kappa shape index (κ1) is 13.6. The molecular weight excluding hydrogens is 238 g/mol. The Morgan fingerprint density at radius 3 is 2.95 bits per heavy atom. The van der Waals surface area contributed by atoms with Crippen molar-refractivity contribution in [2.75, 3.05) is 13.1 Å². The van der Waals surface area contributed by atoms with E-state index in [0.29, 0.717) is 24.7 Å². The maximum atomic E-state index is 12.0. The van der Waals surface area contributed by atoms with Gasteiger partial charge < -0.3 is 10.2 Å². The number of benzene rings is 1. The monoisotopic (exact) mass is 257 g/mol. The summed E-state index contributed by atoms with van der Waals surface area (Å²) in [6, 6.07) is 10.0. The molecule has 0 aliphatic heterocycles. The van der Waals surface area contributed by atoms with Gasteiger partial charge in [-0.15, -0.1) is 0 Å². The van der Waals surface area contributed by atoms with Gasteiger partial charge in [0.05, 0.1) is 18.2 Å². The fraction of sp³-hybridized carbons (Fsp3) is 0.467. The van der Waals surface area contributed by atoms with E-state index < -0.39 is 0 Å². The second-order valence-corrected chi connectivity index (χ2v) is 4.83. The maximum Gasteiger partial charge on any atom is 0.236 e. The molecule has 0 radical (unpaired) electrons. The standard InChI is InChI=1S/C15H19N3O/c1-2-18(14-6-7-14)15(19)11-17-10-13-5-3-4-12(8-13)9-16/h3-5,8,14,17H,2,6-7,10-11H2,1H3. The number of rotatable bonds is 6. The highest BCUT2D eigenvalue weighted by Gasteiger charge is 2.30. The number of hydrogen-bond acceptors (Lipinski definition) is 3. The molecule has 0 saturated heterocycles. The minimum absolute atomic E-state index is 0.168. The molecule has 0 aromatic heterocycles. The number of nitrogens with one attached hydrogen (secondary N) is 1. The number of carbonyl (C=O) groups excluding carboxylic acids is 1. The molecule has 0 atom stereocenters. The average molecular weight is 257 g/mol. The first-order valence-electron chi connectivity index (χ1n) is 6.73. The van der Waals surface area contributed by atoms with Crippen molar-refractivity contribution < 1.29 is 4.79 Å². The van der Waals surface area contributed by atoms with Crippen molar-refractivity contribution in [2.45, 2.75) is 32.4 Å². The predicted octanol–water partition coefficient (Wildman–Crippen LogP) is 1.66. The topological polar surface area (TPSA) is 56.1 Å². The molecule has 1 saturated carbocycles. The number of nitrogens with zero attached hydrogens (tertiary/aromatic N) is 2. The van der Waals surface area contributed by atoms with Gasteiger partial charge >= 0.3 is 0 Å². The summed E-state index contributed by atoms with van der Waals surface area (Å²) in [7, 11) is 0. The van der Waals surface area contributed by atoms with Crippen LogP contribution >= 0.6 is 0 Å². The molecular formula is C15H19N3O. The van der Waals surface area contributed by atoms with Gasteiger partial charge in [-0.2, -0.15) is 5.26 Å². The normalized spacial score (nSPS) is 13.9. The summed E-state index contributed by atoms with van der Waals surface area (Å²) in [5.41, 5.74) is 1.68. The van der Waals surface area contributed by atoms with Crippen LogP contribution in [0, 0.1) is 11.3 Å². The van der Waals surface area contributed by atoms with Crippen LogP contribution in [-0.4, -0.2) is 29.9 Å². The Kier molecular flexibility index (Phi) is 4.53. The van der Waals surface area contributed by atoms with Crippen LogP contribution < -0.4 is 5.32 Å².